The predicted molar refractivity (Wildman–Crippen MR) is 137 cm³/mol. The Hall–Kier alpha value is -2.99. The van der Waals surface area contributed by atoms with Crippen molar-refractivity contribution in [2.75, 3.05) is 40.4 Å². The second kappa shape index (κ2) is 11.4. The van der Waals surface area contributed by atoms with Crippen molar-refractivity contribution in [1.82, 2.24) is 15.2 Å². The number of aromatic nitrogens is 1. The van der Waals surface area contributed by atoms with Crippen molar-refractivity contribution in [1.29, 1.82) is 0 Å². The molecule has 6 nitrogen and oxygen atoms in total. The van der Waals surface area contributed by atoms with Gasteiger partial charge in [0.2, 0.25) is 5.91 Å². The second-order valence-electron chi connectivity index (χ2n) is 9.09. The van der Waals surface area contributed by atoms with E-state index in [0.717, 1.165) is 59.6 Å². The summed E-state index contributed by atoms with van der Waals surface area (Å²) < 4.78 is 11.1. The molecule has 1 atom stereocenters. The fourth-order valence-electron chi connectivity index (χ4n) is 5.05. The van der Waals surface area contributed by atoms with E-state index in [2.05, 4.69) is 46.5 Å². The van der Waals surface area contributed by atoms with Crippen LogP contribution in [0.5, 0.6) is 11.5 Å². The van der Waals surface area contributed by atoms with E-state index in [9.17, 15) is 4.79 Å². The van der Waals surface area contributed by atoms with Crippen molar-refractivity contribution < 1.29 is 14.3 Å². The third kappa shape index (κ3) is 5.55. The highest BCUT2D eigenvalue weighted by molar-refractivity contribution is 5.88. The topological polar surface area (TPSA) is 66.6 Å². The number of hydrogen-bond acceptors (Lipinski definition) is 4. The number of hydrogen-bond donors (Lipinski definition) is 2. The molecule has 6 heteroatoms. The molecule has 1 amide bonds. The number of nitrogens with zero attached hydrogens (tertiary/aromatic N) is 1. The number of benzene rings is 2. The number of fused-ring (bicyclic) bond motifs is 1. The number of aryl methyl sites for hydroxylation is 1. The highest BCUT2D eigenvalue weighted by atomic mass is 16.5. The van der Waals surface area contributed by atoms with Gasteiger partial charge in [0.05, 0.1) is 14.2 Å². The molecule has 34 heavy (non-hydrogen) atoms. The number of ether oxygens (including phenoxy) is 2. The molecule has 0 spiro atoms. The largest absolute Gasteiger partial charge is 0.497 e. The van der Waals surface area contributed by atoms with Gasteiger partial charge in [0.25, 0.3) is 0 Å². The van der Waals surface area contributed by atoms with Crippen LogP contribution in [0.3, 0.4) is 0 Å². The van der Waals surface area contributed by atoms with Crippen molar-refractivity contribution in [3.05, 3.63) is 59.3 Å². The molecule has 182 valence electrons. The summed E-state index contributed by atoms with van der Waals surface area (Å²) >= 11 is 0. The van der Waals surface area contributed by atoms with Gasteiger partial charge in [0, 0.05) is 48.6 Å². The Labute approximate surface area is 202 Å². The average molecular weight is 464 g/mol. The van der Waals surface area contributed by atoms with Crippen LogP contribution in [0.4, 0.5) is 0 Å². The maximum atomic E-state index is 13.1. The first-order chi connectivity index (χ1) is 16.6. The zero-order valence-electron chi connectivity index (χ0n) is 20.7. The zero-order valence-corrected chi connectivity index (χ0v) is 20.7. The number of para-hydroxylation sites is 1. The SMILES string of the molecule is CCc1cccc2c(C(CC(=O)NCCN3CCCCC3)c3cc(OC)cc(OC)c3)c[nH]c12. The van der Waals surface area contributed by atoms with E-state index >= 15 is 0 Å². The molecule has 0 saturated carbocycles. The summed E-state index contributed by atoms with van der Waals surface area (Å²) in [6.45, 7) is 6.03. The smallest absolute Gasteiger partial charge is 0.220 e. The minimum Gasteiger partial charge on any atom is -0.497 e. The van der Waals surface area contributed by atoms with Crippen molar-refractivity contribution in [3.8, 4) is 11.5 Å². The van der Waals surface area contributed by atoms with Crippen molar-refractivity contribution in [2.24, 2.45) is 0 Å². The zero-order chi connectivity index (χ0) is 23.9. The van der Waals surface area contributed by atoms with Crippen molar-refractivity contribution >= 4 is 16.8 Å². The maximum Gasteiger partial charge on any atom is 0.220 e. The van der Waals surface area contributed by atoms with Crippen LogP contribution in [-0.4, -0.2) is 56.2 Å². The van der Waals surface area contributed by atoms with Crippen molar-refractivity contribution in [3.63, 3.8) is 0 Å². The molecular weight excluding hydrogens is 426 g/mol. The summed E-state index contributed by atoms with van der Waals surface area (Å²) in [5, 5.41) is 4.33. The van der Waals surface area contributed by atoms with E-state index in [0.29, 0.717) is 13.0 Å². The molecule has 1 aliphatic heterocycles. The van der Waals surface area contributed by atoms with Crippen LogP contribution >= 0.6 is 0 Å². The van der Waals surface area contributed by atoms with Crippen LogP contribution in [0, 0.1) is 0 Å². The molecule has 2 heterocycles. The summed E-state index contributed by atoms with van der Waals surface area (Å²) in [4.78, 5) is 19.0. The number of H-pyrrole nitrogens is 1. The molecule has 1 unspecified atom stereocenters. The van der Waals surface area contributed by atoms with Gasteiger partial charge in [-0.1, -0.05) is 31.5 Å². The average Bonchev–Trinajstić information content (AvgIpc) is 3.31. The fourth-order valence-corrected chi connectivity index (χ4v) is 5.05. The second-order valence-corrected chi connectivity index (χ2v) is 9.09. The molecule has 0 aliphatic carbocycles. The Bertz CT molecular complexity index is 1080. The van der Waals surface area contributed by atoms with Crippen LogP contribution in [0.1, 0.15) is 55.2 Å². The quantitative estimate of drug-likeness (QED) is 0.450. The Morgan fingerprint density at radius 3 is 2.50 bits per heavy atom. The summed E-state index contributed by atoms with van der Waals surface area (Å²) in [7, 11) is 3.31. The van der Waals surface area contributed by atoms with Gasteiger partial charge >= 0.3 is 0 Å². The van der Waals surface area contributed by atoms with E-state index in [-0.39, 0.29) is 11.8 Å². The van der Waals surface area contributed by atoms with Gasteiger partial charge in [-0.2, -0.15) is 0 Å². The molecule has 1 aliphatic rings. The lowest BCUT2D eigenvalue weighted by Crippen LogP contribution is -2.38. The molecule has 1 saturated heterocycles. The molecule has 1 aromatic heterocycles. The lowest BCUT2D eigenvalue weighted by atomic mass is 9.87. The number of aromatic amines is 1. The van der Waals surface area contributed by atoms with Crippen LogP contribution in [0.15, 0.2) is 42.6 Å². The summed E-state index contributed by atoms with van der Waals surface area (Å²) in [5.41, 5.74) is 4.54. The Morgan fingerprint density at radius 2 is 1.82 bits per heavy atom. The molecule has 0 bridgehead atoms. The number of rotatable bonds is 10. The van der Waals surface area contributed by atoms with Crippen LogP contribution in [0.2, 0.25) is 0 Å². The fraction of sp³-hybridized carbons (Fsp3) is 0.464. The van der Waals surface area contributed by atoms with Gasteiger partial charge in [-0.05, 0) is 61.2 Å². The van der Waals surface area contributed by atoms with Gasteiger partial charge in [0.1, 0.15) is 11.5 Å². The van der Waals surface area contributed by atoms with Crippen LogP contribution < -0.4 is 14.8 Å². The highest BCUT2D eigenvalue weighted by Crippen LogP contribution is 2.37. The maximum absolute atomic E-state index is 13.1. The molecule has 3 aromatic rings. The first kappa shape index (κ1) is 24.1. The standard InChI is InChI=1S/C28H37N3O3/c1-4-20-9-8-10-24-26(19-30-28(20)24)25(21-15-22(33-2)17-23(16-21)34-3)18-27(32)29-11-14-31-12-6-5-7-13-31/h8-10,15-17,19,25,30H,4-7,11-14,18H2,1-3H3,(H,29,32). The number of piperidine rings is 1. The normalized spacial score (nSPS) is 15.3. The van der Waals surface area contributed by atoms with Gasteiger partial charge < -0.3 is 24.7 Å². The van der Waals surface area contributed by atoms with Crippen LogP contribution in [-0.2, 0) is 11.2 Å². The van der Waals surface area contributed by atoms with Gasteiger partial charge in [-0.3, -0.25) is 4.79 Å². The Morgan fingerprint density at radius 1 is 1.09 bits per heavy atom. The number of amides is 1. The number of likely N-dealkylation sites (tertiary alicyclic amines) is 1. The Kier molecular flexibility index (Phi) is 8.12. The van der Waals surface area contributed by atoms with E-state index < -0.39 is 0 Å². The lowest BCUT2D eigenvalue weighted by molar-refractivity contribution is -0.121. The third-order valence-corrected chi connectivity index (χ3v) is 6.95. The number of carbonyl (C=O) groups is 1. The van der Waals surface area contributed by atoms with E-state index in [1.807, 2.05) is 18.2 Å². The molecule has 2 aromatic carbocycles. The van der Waals surface area contributed by atoms with E-state index in [1.54, 1.807) is 14.2 Å². The summed E-state index contributed by atoms with van der Waals surface area (Å²) in [6, 6.07) is 12.3. The monoisotopic (exact) mass is 463 g/mol. The highest BCUT2D eigenvalue weighted by Gasteiger charge is 2.23. The molecule has 1 fully saturated rings. The molecular formula is C28H37N3O3. The Balaban J connectivity index is 1.60. The first-order valence-corrected chi connectivity index (χ1v) is 12.4. The van der Waals surface area contributed by atoms with Gasteiger partial charge in [-0.25, -0.2) is 0 Å². The lowest BCUT2D eigenvalue weighted by Gasteiger charge is -2.26. The van der Waals surface area contributed by atoms with Crippen molar-refractivity contribution in [2.45, 2.75) is 44.9 Å². The van der Waals surface area contributed by atoms with Gasteiger partial charge in [-0.15, -0.1) is 0 Å². The first-order valence-electron chi connectivity index (χ1n) is 12.4. The van der Waals surface area contributed by atoms with E-state index in [4.69, 9.17) is 9.47 Å². The number of carbonyl (C=O) groups excluding carboxylic acids is 1. The summed E-state index contributed by atoms with van der Waals surface area (Å²) in [5.74, 6) is 1.38. The summed E-state index contributed by atoms with van der Waals surface area (Å²) in [6.07, 6.45) is 7.20. The van der Waals surface area contributed by atoms with E-state index in [1.165, 1.54) is 24.8 Å². The number of nitrogens with one attached hydrogen (secondary N) is 2. The third-order valence-electron chi connectivity index (χ3n) is 6.95. The van der Waals surface area contributed by atoms with Gasteiger partial charge in [0.15, 0.2) is 0 Å². The predicted octanol–water partition coefficient (Wildman–Crippen LogP) is 4.87. The number of methoxy groups -OCH3 is 2. The minimum atomic E-state index is -0.125. The van der Waals surface area contributed by atoms with Crippen LogP contribution in [0.25, 0.3) is 10.9 Å². The molecule has 2 N–H and O–H groups in total. The minimum absolute atomic E-state index is 0.0600. The molecule has 0 radical (unpaired) electrons. The molecule has 4 rings (SSSR count).